The first-order chi connectivity index (χ1) is 53.1. The molecule has 4 aromatic carbocycles. The lowest BCUT2D eigenvalue weighted by Gasteiger charge is -2.18. The van der Waals surface area contributed by atoms with Gasteiger partial charge in [-0.25, -0.2) is 8.78 Å². The fourth-order valence-electron chi connectivity index (χ4n) is 13.4. The second kappa shape index (κ2) is 30.7. The van der Waals surface area contributed by atoms with E-state index >= 15 is 0 Å². The lowest BCUT2D eigenvalue weighted by molar-refractivity contribution is -0.277. The molecular formula is C78H24F14N18O2. The number of benzene rings is 4. The third-order valence-electron chi connectivity index (χ3n) is 17.8. The van der Waals surface area contributed by atoms with Crippen LogP contribution < -0.4 is 51.2 Å². The molecule has 12 rings (SSSR count). The van der Waals surface area contributed by atoms with Crippen molar-refractivity contribution in [3.8, 4) is 72.2 Å². The molecule has 0 atom stereocenters. The zero-order valence-electron chi connectivity index (χ0n) is 55.4. The van der Waals surface area contributed by atoms with Crippen molar-refractivity contribution in [2.24, 2.45) is 0 Å². The van der Waals surface area contributed by atoms with Crippen LogP contribution in [0.4, 0.5) is 61.5 Å². The van der Waals surface area contributed by atoms with Crippen LogP contribution in [0.5, 0.6) is 11.5 Å². The second-order valence-electron chi connectivity index (χ2n) is 23.6. The van der Waals surface area contributed by atoms with E-state index in [4.69, 9.17) is 94.7 Å². The van der Waals surface area contributed by atoms with Crippen molar-refractivity contribution in [2.45, 2.75) is 76.4 Å². The van der Waals surface area contributed by atoms with Crippen molar-refractivity contribution in [3.63, 3.8) is 0 Å². The van der Waals surface area contributed by atoms with Crippen LogP contribution in [0.2, 0.25) is 0 Å². The van der Waals surface area contributed by atoms with Gasteiger partial charge in [-0.15, -0.1) is 26.3 Å². The summed E-state index contributed by atoms with van der Waals surface area (Å²) >= 11 is 0. The molecule has 0 unspecified atom stereocenters. The smallest absolute Gasteiger partial charge is 0.405 e. The molecular weight excluding hydrogens is 1490 g/mol. The fraction of sp³-hybridized carbons (Fsp3) is 0.154. The summed E-state index contributed by atoms with van der Waals surface area (Å²) in [5.41, 5.74) is -2.98. The van der Waals surface area contributed by atoms with Gasteiger partial charge in [0.05, 0.1) is 44.5 Å². The Morgan fingerprint density at radius 3 is 0.795 bits per heavy atom. The van der Waals surface area contributed by atoms with Crippen LogP contribution in [0.15, 0.2) is 90.2 Å². The summed E-state index contributed by atoms with van der Waals surface area (Å²) < 4.78 is 200. The normalized spacial score (nSPS) is 13.6. The number of ether oxygens (including phenoxy) is 2. The van der Waals surface area contributed by atoms with Crippen LogP contribution in [-0.2, 0) is 63.7 Å². The highest BCUT2D eigenvalue weighted by atomic mass is 19.4. The Morgan fingerprint density at radius 1 is 0.286 bits per heavy atom. The number of allylic oxidation sites excluding steroid dienone is 12. The molecule has 34 heteroatoms. The van der Waals surface area contributed by atoms with E-state index in [2.05, 4.69) is 60.4 Å². The maximum absolute atomic E-state index is 14.8. The Balaban J connectivity index is 0.000000172. The van der Waals surface area contributed by atoms with Crippen LogP contribution in [-0.4, -0.2) is 12.7 Å². The lowest BCUT2D eigenvalue weighted by atomic mass is 9.93. The van der Waals surface area contributed by atoms with Gasteiger partial charge in [-0.05, 0) is 115 Å². The summed E-state index contributed by atoms with van der Waals surface area (Å²) in [7, 11) is 0. The number of halogens is 14. The quantitative estimate of drug-likeness (QED) is 0.103. The molecule has 0 N–H and O–H groups in total. The fourth-order valence-corrected chi connectivity index (χ4v) is 13.4. The molecule has 8 aliphatic rings. The minimum atomic E-state index is -5.23. The van der Waals surface area contributed by atoms with Crippen molar-refractivity contribution < 1.29 is 70.9 Å². The van der Waals surface area contributed by atoms with Crippen molar-refractivity contribution in [2.75, 3.05) is 0 Å². The monoisotopic (exact) mass is 1510 g/mol. The molecule has 20 nitrogen and oxygen atoms in total. The highest BCUT2D eigenvalue weighted by Crippen LogP contribution is 2.41. The number of hydrogen-bond donors (Lipinski definition) is 0. The van der Waals surface area contributed by atoms with E-state index in [1.165, 1.54) is 36.4 Å². The Bertz CT molecular complexity index is 6330. The third-order valence-corrected chi connectivity index (χ3v) is 17.8. The molecule has 112 heavy (non-hydrogen) atoms. The summed E-state index contributed by atoms with van der Waals surface area (Å²) in [6.07, 6.45) is -13.0. The van der Waals surface area contributed by atoms with E-state index < -0.39 is 140 Å². The van der Waals surface area contributed by atoms with Crippen molar-refractivity contribution in [1.29, 1.82) is 52.6 Å². The molecule has 0 amide bonds. The van der Waals surface area contributed by atoms with Gasteiger partial charge in [0, 0.05) is 75.2 Å². The molecule has 0 saturated carbocycles. The number of nitriles is 10. The van der Waals surface area contributed by atoms with Gasteiger partial charge >= 0.3 is 48.4 Å². The first-order valence-corrected chi connectivity index (χ1v) is 30.6. The topological polar surface area (TPSA) is 291 Å². The number of alkyl halides is 12. The van der Waals surface area contributed by atoms with E-state index in [0.29, 0.717) is 49.4 Å². The van der Waals surface area contributed by atoms with E-state index in [9.17, 15) is 72.0 Å². The molecule has 0 bridgehead atoms. The molecule has 4 aromatic rings. The molecule has 0 fully saturated rings. The SMILES string of the molecule is [C-]#[N+]C([N+]#[C-])=C1C=c2c(C#N)c3c(c(C#N)c2C1)=CC(=C(C#N)C#N)C3.[C-]#[N+]C([N+]#[C-])=C1C=c2c(F)c3c(c(F)c2C1)=CC(=C(C#N)C#N)C3.[C-]#[N+]C([N+]#[C-])=C1C=c2c(c(C(F)(F)F)c3c(c2C(F)(F)F)CC(=C(C#N)C#N)C=3)C1.[C-]#[N+]C([N+]#[C-])=C1C=c2c(c(OC(F)(F)F)c3c(c2OC(F)(F)F)CC(=C(C#N)C#N)C=3)C1. The minimum absolute atomic E-state index is 0.0261. The van der Waals surface area contributed by atoms with Crippen LogP contribution in [0, 0.1) is 178 Å². The summed E-state index contributed by atoms with van der Waals surface area (Å²) in [4.78, 5) is 24.2. The number of rotatable bonds is 2. The average molecular weight is 1510 g/mol. The van der Waals surface area contributed by atoms with Crippen LogP contribution >= 0.6 is 0 Å². The van der Waals surface area contributed by atoms with Gasteiger partial charge in [-0.3, -0.25) is 0 Å². The predicted octanol–water partition coefficient (Wildman–Crippen LogP) is 10.9. The summed E-state index contributed by atoms with van der Waals surface area (Å²) in [6.45, 7) is 56.1. The molecule has 0 radical (unpaired) electrons. The lowest BCUT2D eigenvalue weighted by Crippen LogP contribution is -2.34. The standard InChI is InChI=1S/C20H6F6N4O2.C20H6F6N4.C20H6N6.C18H6F2N4/c1-29-18(30-2)10-5-14-15(6-10)17(32-20(24,25)26)13-4-9(11(7-27)8-28)3-12(13)16(14)31-19(21,22)23;1-29-18(30-2)10-5-14-15(6-10)17(20(24,25)26)13-4-9(11(7-27)8-28)3-12(13)16(14)19(21,22)23;1-25-20(26-2)12-5-16-17(6-12)19(10-24)15-4-11(13(7-21)8-22)3-14(15)18(16)9-23;1-23-18(24-2)10-5-14-15(6-10)17(20)13-4-9(11(7-21)8-22)3-12(13)16(14)19/h3,6H,4-5H2;3,6H,4-5H2;3,6H,4-5H2;3,6H,4-5H2. The van der Waals surface area contributed by atoms with Crippen molar-refractivity contribution in [1.82, 2.24) is 0 Å². The zero-order chi connectivity index (χ0) is 82.5. The summed E-state index contributed by atoms with van der Waals surface area (Å²) in [5.74, 6) is -4.36. The van der Waals surface area contributed by atoms with Crippen LogP contribution in [0.3, 0.4) is 0 Å². The predicted molar refractivity (Wildman–Crippen MR) is 355 cm³/mol. The molecule has 0 aliphatic heterocycles. The molecule has 0 spiro atoms. The van der Waals surface area contributed by atoms with Gasteiger partial charge in [0.1, 0.15) is 159 Å². The number of hydrogen-bond acceptors (Lipinski definition) is 12. The van der Waals surface area contributed by atoms with Gasteiger partial charge in [0.2, 0.25) is 0 Å². The van der Waals surface area contributed by atoms with Gasteiger partial charge in [0.25, 0.3) is 0 Å². The van der Waals surface area contributed by atoms with E-state index in [-0.39, 0.29) is 109 Å². The maximum atomic E-state index is 14.8. The zero-order valence-corrected chi connectivity index (χ0v) is 55.4. The molecule has 0 saturated heterocycles. The van der Waals surface area contributed by atoms with Gasteiger partial charge in [0.15, 0.2) is 0 Å². The Morgan fingerprint density at radius 2 is 0.500 bits per heavy atom. The van der Waals surface area contributed by atoms with Gasteiger partial charge in [-0.2, -0.15) is 118 Å². The van der Waals surface area contributed by atoms with Crippen molar-refractivity contribution in [3.05, 3.63) is 302 Å². The van der Waals surface area contributed by atoms with Gasteiger partial charge < -0.3 is 9.47 Å². The average Bonchev–Trinajstić information content (AvgIpc) is 1.53. The third kappa shape index (κ3) is 14.6. The molecule has 0 heterocycles. The molecule has 536 valence electrons. The van der Waals surface area contributed by atoms with E-state index in [0.717, 1.165) is 24.3 Å². The first-order valence-electron chi connectivity index (χ1n) is 30.6. The first kappa shape index (κ1) is 79.3. The molecule has 0 aromatic heterocycles. The maximum Gasteiger partial charge on any atom is 0.573 e. The second-order valence-corrected chi connectivity index (χ2v) is 23.6. The van der Waals surface area contributed by atoms with Crippen molar-refractivity contribution >= 4 is 48.6 Å². The largest absolute Gasteiger partial charge is 0.573 e. The Labute approximate surface area is 620 Å². The Kier molecular flexibility index (Phi) is 21.8. The van der Waals surface area contributed by atoms with E-state index in [1.807, 2.05) is 12.1 Å². The highest BCUT2D eigenvalue weighted by molar-refractivity contribution is 5.78. The summed E-state index contributed by atoms with van der Waals surface area (Å²) in [6, 6.07) is 17.4. The minimum Gasteiger partial charge on any atom is -0.405 e. The summed E-state index contributed by atoms with van der Waals surface area (Å²) in [5, 5.41) is 90.2. The van der Waals surface area contributed by atoms with Crippen LogP contribution in [0.1, 0.15) is 66.8 Å². The van der Waals surface area contributed by atoms with E-state index in [1.54, 1.807) is 24.3 Å². The number of nitrogens with zero attached hydrogens (tertiary/aromatic N) is 18. The number of fused-ring (bicyclic) bond motifs is 8. The molecule has 8 aliphatic carbocycles. The van der Waals surface area contributed by atoms with Crippen LogP contribution in [0.25, 0.3) is 87.4 Å². The van der Waals surface area contributed by atoms with Gasteiger partial charge in [-0.1, -0.05) is 18.2 Å². The Hall–Kier alpha value is -16.8. The highest BCUT2D eigenvalue weighted by Gasteiger charge is 2.46.